The van der Waals surface area contributed by atoms with E-state index in [1.54, 1.807) is 0 Å². The number of likely N-dealkylation sites (tertiary alicyclic amines) is 1. The number of imidazole rings is 1. The molecule has 2 aromatic rings. The lowest BCUT2D eigenvalue weighted by atomic mass is 9.68. The Morgan fingerprint density at radius 1 is 1.19 bits per heavy atom. The molecule has 0 unspecified atom stereocenters. The fourth-order valence-electron chi connectivity index (χ4n) is 4.07. The molecule has 6 heteroatoms. The minimum Gasteiger partial charge on any atom is -0.352 e. The molecular weight excluding hydrogens is 437 g/mol. The van der Waals surface area contributed by atoms with E-state index in [9.17, 15) is 0 Å². The predicted molar refractivity (Wildman–Crippen MR) is 116 cm³/mol. The lowest BCUT2D eigenvalue weighted by molar-refractivity contribution is 0.151. The van der Waals surface area contributed by atoms with Gasteiger partial charge in [0.2, 0.25) is 0 Å². The molecule has 1 aliphatic heterocycles. The van der Waals surface area contributed by atoms with Crippen LogP contribution in [-0.4, -0.2) is 40.5 Å². The largest absolute Gasteiger partial charge is 0.352 e. The second-order valence-electron chi connectivity index (χ2n) is 7.48. The Labute approximate surface area is 172 Å². The maximum absolute atomic E-state index is 4.50. The van der Waals surface area contributed by atoms with Gasteiger partial charge < -0.3 is 14.8 Å². The minimum absolute atomic E-state index is 0. The van der Waals surface area contributed by atoms with Gasteiger partial charge in [-0.2, -0.15) is 0 Å². The molecule has 2 heterocycles. The number of nitrogens with one attached hydrogen (secondary N) is 1. The molecule has 0 amide bonds. The molecule has 2 aliphatic rings. The van der Waals surface area contributed by atoms with Crippen LogP contribution in [0.3, 0.4) is 0 Å². The summed E-state index contributed by atoms with van der Waals surface area (Å²) in [6, 6.07) is 8.78. The normalized spacial score (nSPS) is 18.5. The van der Waals surface area contributed by atoms with Crippen molar-refractivity contribution >= 4 is 29.9 Å². The number of benzene rings is 1. The van der Waals surface area contributed by atoms with Gasteiger partial charge in [0.25, 0.3) is 0 Å². The summed E-state index contributed by atoms with van der Waals surface area (Å²) in [5.41, 5.74) is 3.18. The summed E-state index contributed by atoms with van der Waals surface area (Å²) in [6.45, 7) is 4.01. The van der Waals surface area contributed by atoms with Crippen LogP contribution < -0.4 is 5.32 Å². The van der Waals surface area contributed by atoms with Crippen LogP contribution in [0.2, 0.25) is 0 Å². The Morgan fingerprint density at radius 2 is 1.96 bits per heavy atom. The summed E-state index contributed by atoms with van der Waals surface area (Å²) in [7, 11) is 1.89. The molecule has 26 heavy (non-hydrogen) atoms. The molecule has 1 spiro atoms. The van der Waals surface area contributed by atoms with Crippen LogP contribution >= 0.6 is 24.0 Å². The molecule has 1 aliphatic carbocycles. The average Bonchev–Trinajstić information content (AvgIpc) is 3.26. The zero-order valence-corrected chi connectivity index (χ0v) is 17.7. The van der Waals surface area contributed by atoms with E-state index in [-0.39, 0.29) is 24.0 Å². The Kier molecular flexibility index (Phi) is 6.21. The third kappa shape index (κ3) is 4.22. The van der Waals surface area contributed by atoms with Crippen molar-refractivity contribution in [3.8, 4) is 0 Å². The monoisotopic (exact) mass is 465 g/mol. The van der Waals surface area contributed by atoms with Crippen LogP contribution in [0, 0.1) is 5.41 Å². The molecule has 0 radical (unpaired) electrons. The van der Waals surface area contributed by atoms with E-state index in [4.69, 9.17) is 0 Å². The second-order valence-corrected chi connectivity index (χ2v) is 7.48. The number of aliphatic imine (C=N–C) groups is 1. The Bertz CT molecular complexity index is 719. The van der Waals surface area contributed by atoms with Gasteiger partial charge in [0.15, 0.2) is 5.96 Å². The van der Waals surface area contributed by atoms with Gasteiger partial charge in [-0.3, -0.25) is 4.99 Å². The Morgan fingerprint density at radius 3 is 2.54 bits per heavy atom. The van der Waals surface area contributed by atoms with Gasteiger partial charge in [-0.1, -0.05) is 30.7 Å². The van der Waals surface area contributed by atoms with Crippen LogP contribution in [-0.2, 0) is 13.1 Å². The van der Waals surface area contributed by atoms with Gasteiger partial charge in [0, 0.05) is 45.6 Å². The summed E-state index contributed by atoms with van der Waals surface area (Å²) >= 11 is 0. The lowest BCUT2D eigenvalue weighted by Crippen LogP contribution is -2.42. The van der Waals surface area contributed by atoms with Crippen LogP contribution in [0.25, 0.3) is 0 Å². The van der Waals surface area contributed by atoms with Gasteiger partial charge in [-0.15, -0.1) is 24.0 Å². The SMILES string of the molecule is CN=C(NCc1ccc(Cn2ccnc2)cc1)N1CCC2(CCC2)C1.I. The molecule has 1 N–H and O–H groups in total. The van der Waals surface area contributed by atoms with Crippen LogP contribution in [0.15, 0.2) is 48.0 Å². The van der Waals surface area contributed by atoms with E-state index >= 15 is 0 Å². The molecule has 0 bridgehead atoms. The molecule has 1 aromatic carbocycles. The lowest BCUT2D eigenvalue weighted by Gasteiger charge is -2.38. The van der Waals surface area contributed by atoms with Crippen molar-refractivity contribution in [2.75, 3.05) is 20.1 Å². The van der Waals surface area contributed by atoms with E-state index in [0.717, 1.165) is 25.6 Å². The van der Waals surface area contributed by atoms with Crippen molar-refractivity contribution in [2.45, 2.75) is 38.8 Å². The number of hydrogen-bond acceptors (Lipinski definition) is 2. The Hall–Kier alpha value is -1.57. The maximum Gasteiger partial charge on any atom is 0.193 e. The van der Waals surface area contributed by atoms with Crippen molar-refractivity contribution in [3.63, 3.8) is 0 Å². The number of aromatic nitrogens is 2. The molecular formula is C20H28IN5. The van der Waals surface area contributed by atoms with Gasteiger partial charge in [0.1, 0.15) is 0 Å². The van der Waals surface area contributed by atoms with Crippen molar-refractivity contribution < 1.29 is 0 Å². The minimum atomic E-state index is 0. The number of guanidine groups is 1. The predicted octanol–water partition coefficient (Wildman–Crippen LogP) is 3.50. The summed E-state index contributed by atoms with van der Waals surface area (Å²) in [5, 5.41) is 3.54. The summed E-state index contributed by atoms with van der Waals surface area (Å²) in [4.78, 5) is 11.0. The van der Waals surface area contributed by atoms with E-state index < -0.39 is 0 Å². The van der Waals surface area contributed by atoms with E-state index in [2.05, 4.69) is 49.0 Å². The molecule has 0 atom stereocenters. The van der Waals surface area contributed by atoms with Crippen molar-refractivity contribution in [2.24, 2.45) is 10.4 Å². The van der Waals surface area contributed by atoms with Gasteiger partial charge in [-0.05, 0) is 35.8 Å². The molecule has 5 nitrogen and oxygen atoms in total. The second kappa shape index (κ2) is 8.41. The zero-order chi connectivity index (χ0) is 17.1. The van der Waals surface area contributed by atoms with Crippen LogP contribution in [0.4, 0.5) is 0 Å². The fourth-order valence-corrected chi connectivity index (χ4v) is 4.07. The summed E-state index contributed by atoms with van der Waals surface area (Å²) < 4.78 is 2.08. The molecule has 1 saturated heterocycles. The quantitative estimate of drug-likeness (QED) is 0.427. The first kappa shape index (κ1) is 19.2. The van der Waals surface area contributed by atoms with E-state index in [1.807, 2.05) is 25.8 Å². The third-order valence-electron chi connectivity index (χ3n) is 5.76. The molecule has 1 aromatic heterocycles. The van der Waals surface area contributed by atoms with Crippen molar-refractivity contribution in [1.82, 2.24) is 19.8 Å². The molecule has 4 rings (SSSR count). The highest BCUT2D eigenvalue weighted by Crippen LogP contribution is 2.47. The highest BCUT2D eigenvalue weighted by molar-refractivity contribution is 14.0. The first-order valence-corrected chi connectivity index (χ1v) is 9.26. The molecule has 140 valence electrons. The average molecular weight is 465 g/mol. The molecule has 2 fully saturated rings. The van der Waals surface area contributed by atoms with Crippen molar-refractivity contribution in [3.05, 3.63) is 54.1 Å². The number of hydrogen-bond donors (Lipinski definition) is 1. The number of nitrogens with zero attached hydrogens (tertiary/aromatic N) is 4. The van der Waals surface area contributed by atoms with E-state index in [1.165, 1.54) is 43.4 Å². The number of halogens is 1. The number of rotatable bonds is 4. The Balaban J connectivity index is 0.00000196. The zero-order valence-electron chi connectivity index (χ0n) is 15.4. The van der Waals surface area contributed by atoms with Crippen LogP contribution in [0.1, 0.15) is 36.8 Å². The standard InChI is InChI=1S/C20H27N5.HI/c1-21-19(25-11-9-20(15-25)7-2-8-20)23-13-17-3-5-18(6-4-17)14-24-12-10-22-16-24;/h3-6,10,12,16H,2,7-9,11,13-15H2,1H3,(H,21,23);1H. The van der Waals surface area contributed by atoms with Gasteiger partial charge in [0.05, 0.1) is 6.33 Å². The topological polar surface area (TPSA) is 45.5 Å². The van der Waals surface area contributed by atoms with Crippen molar-refractivity contribution in [1.29, 1.82) is 0 Å². The first-order valence-electron chi connectivity index (χ1n) is 9.26. The maximum atomic E-state index is 4.50. The fraction of sp³-hybridized carbons (Fsp3) is 0.500. The molecule has 1 saturated carbocycles. The highest BCUT2D eigenvalue weighted by atomic mass is 127. The summed E-state index contributed by atoms with van der Waals surface area (Å²) in [6.07, 6.45) is 11.2. The highest BCUT2D eigenvalue weighted by Gasteiger charge is 2.43. The smallest absolute Gasteiger partial charge is 0.193 e. The first-order chi connectivity index (χ1) is 12.3. The summed E-state index contributed by atoms with van der Waals surface area (Å²) in [5.74, 6) is 1.05. The van der Waals surface area contributed by atoms with E-state index in [0.29, 0.717) is 5.41 Å². The van der Waals surface area contributed by atoms with Gasteiger partial charge >= 0.3 is 0 Å². The third-order valence-corrected chi connectivity index (χ3v) is 5.76. The van der Waals surface area contributed by atoms with Crippen LogP contribution in [0.5, 0.6) is 0 Å². The van der Waals surface area contributed by atoms with Gasteiger partial charge in [-0.25, -0.2) is 4.98 Å².